The molecule has 5 aromatic carbocycles. The Morgan fingerprint density at radius 3 is 1.25 bits per heavy atom. The van der Waals surface area contributed by atoms with Crippen LogP contribution in [0.1, 0.15) is 12.5 Å². The summed E-state index contributed by atoms with van der Waals surface area (Å²) in [6.45, 7) is 2.20. The van der Waals surface area contributed by atoms with Crippen LogP contribution in [0.4, 0.5) is 0 Å². The Hall–Kier alpha value is -3.38. The predicted molar refractivity (Wildman–Crippen MR) is 122 cm³/mol. The predicted octanol–water partition coefficient (Wildman–Crippen LogP) is 7.89. The van der Waals surface area contributed by atoms with Gasteiger partial charge in [0.15, 0.2) is 0 Å². The second kappa shape index (κ2) is 6.98. The van der Waals surface area contributed by atoms with Crippen LogP contribution in [-0.2, 0) is 6.42 Å². The van der Waals surface area contributed by atoms with Crippen molar-refractivity contribution in [3.63, 3.8) is 0 Å². The third-order valence-corrected chi connectivity index (χ3v) is 5.64. The van der Waals surface area contributed by atoms with E-state index in [1.807, 2.05) is 0 Å². The van der Waals surface area contributed by atoms with Crippen LogP contribution in [0.5, 0.6) is 0 Å². The lowest BCUT2D eigenvalue weighted by Crippen LogP contribution is -1.91. The van der Waals surface area contributed by atoms with Gasteiger partial charge in [0.25, 0.3) is 0 Å². The van der Waals surface area contributed by atoms with Crippen molar-refractivity contribution in [2.45, 2.75) is 13.3 Å². The van der Waals surface area contributed by atoms with Crippen molar-refractivity contribution in [1.82, 2.24) is 0 Å². The maximum Gasteiger partial charge on any atom is -0.00264 e. The first-order chi connectivity index (χ1) is 13.9. The molecule has 0 unspecified atom stereocenters. The Bertz CT molecular complexity index is 1210. The van der Waals surface area contributed by atoms with Crippen LogP contribution in [0.2, 0.25) is 0 Å². The minimum atomic E-state index is 1.06. The highest BCUT2D eigenvalue weighted by molar-refractivity contribution is 6.21. The van der Waals surface area contributed by atoms with E-state index >= 15 is 0 Å². The van der Waals surface area contributed by atoms with E-state index in [1.165, 1.54) is 49.4 Å². The van der Waals surface area contributed by atoms with Gasteiger partial charge in [0, 0.05) is 0 Å². The summed E-state index contributed by atoms with van der Waals surface area (Å²) in [4.78, 5) is 0. The topological polar surface area (TPSA) is 0 Å². The van der Waals surface area contributed by atoms with Gasteiger partial charge in [-0.15, -0.1) is 0 Å². The van der Waals surface area contributed by atoms with E-state index in [9.17, 15) is 0 Å². The first-order valence-electron chi connectivity index (χ1n) is 9.95. The number of rotatable bonds is 3. The molecule has 28 heavy (non-hydrogen) atoms. The van der Waals surface area contributed by atoms with Crippen molar-refractivity contribution in [1.29, 1.82) is 0 Å². The second-order valence-electron chi connectivity index (χ2n) is 7.26. The normalized spacial score (nSPS) is 11.2. The zero-order chi connectivity index (χ0) is 18.9. The molecule has 0 spiro atoms. The Labute approximate surface area is 166 Å². The molecule has 0 aliphatic carbocycles. The molecule has 5 rings (SSSR count). The van der Waals surface area contributed by atoms with Crippen LogP contribution in [0.15, 0.2) is 103 Å². The van der Waals surface area contributed by atoms with Gasteiger partial charge in [0.1, 0.15) is 0 Å². The molecule has 0 aliphatic rings. The lowest BCUT2D eigenvalue weighted by molar-refractivity contribution is 1.14. The fraction of sp³-hybridized carbons (Fsp3) is 0.0714. The summed E-state index contributed by atoms with van der Waals surface area (Å²) >= 11 is 0. The second-order valence-corrected chi connectivity index (χ2v) is 7.26. The van der Waals surface area contributed by atoms with Gasteiger partial charge in [-0.25, -0.2) is 0 Å². The summed E-state index contributed by atoms with van der Waals surface area (Å²) in [6, 6.07) is 37.4. The maximum atomic E-state index is 2.27. The molecular weight excluding hydrogens is 336 g/mol. The van der Waals surface area contributed by atoms with Crippen molar-refractivity contribution in [2.75, 3.05) is 0 Å². The third-order valence-electron chi connectivity index (χ3n) is 5.64. The molecule has 0 aromatic heterocycles. The van der Waals surface area contributed by atoms with Crippen molar-refractivity contribution in [3.05, 3.63) is 109 Å². The molecule has 0 atom stereocenters. The highest BCUT2D eigenvalue weighted by Gasteiger charge is 2.15. The fourth-order valence-electron chi connectivity index (χ4n) is 4.26. The number of benzene rings is 5. The minimum Gasteiger partial charge on any atom is -0.0622 e. The van der Waals surface area contributed by atoms with E-state index in [1.54, 1.807) is 0 Å². The summed E-state index contributed by atoms with van der Waals surface area (Å²) in [5.41, 5.74) is 6.57. The van der Waals surface area contributed by atoms with E-state index in [0.29, 0.717) is 0 Å². The summed E-state index contributed by atoms with van der Waals surface area (Å²) in [5, 5.41) is 5.23. The average Bonchev–Trinajstić information content (AvgIpc) is 2.78. The third kappa shape index (κ3) is 2.70. The quantitative estimate of drug-likeness (QED) is 0.288. The molecule has 0 radical (unpaired) electrons. The standard InChI is InChI=1S/C28H22/c1-2-20-16-18-22(19-17-20)28-25-14-8-6-12-23(25)27(21-10-4-3-5-11-21)24-13-7-9-15-26(24)28/h3-19H,2H2,1H3. The summed E-state index contributed by atoms with van der Waals surface area (Å²) in [7, 11) is 0. The number of hydrogen-bond donors (Lipinski definition) is 0. The molecule has 0 N–H and O–H groups in total. The lowest BCUT2D eigenvalue weighted by atomic mass is 9.86. The van der Waals surface area contributed by atoms with E-state index < -0.39 is 0 Å². The highest BCUT2D eigenvalue weighted by Crippen LogP contribution is 2.43. The molecular formula is C28H22. The van der Waals surface area contributed by atoms with Crippen LogP contribution in [0.3, 0.4) is 0 Å². The van der Waals surface area contributed by atoms with Crippen LogP contribution in [0.25, 0.3) is 43.8 Å². The summed E-state index contributed by atoms with van der Waals surface area (Å²) in [5.74, 6) is 0. The Morgan fingerprint density at radius 2 is 0.821 bits per heavy atom. The molecule has 0 nitrogen and oxygen atoms in total. The Balaban J connectivity index is 1.94. The average molecular weight is 358 g/mol. The largest absolute Gasteiger partial charge is 0.0622 e. The highest BCUT2D eigenvalue weighted by atomic mass is 14.2. The molecule has 0 heterocycles. The number of aryl methyl sites for hydroxylation is 1. The van der Waals surface area contributed by atoms with Gasteiger partial charge in [0.2, 0.25) is 0 Å². The van der Waals surface area contributed by atoms with Gasteiger partial charge in [-0.3, -0.25) is 0 Å². The van der Waals surface area contributed by atoms with Crippen LogP contribution in [0, 0.1) is 0 Å². The van der Waals surface area contributed by atoms with Gasteiger partial charge in [0.05, 0.1) is 0 Å². The van der Waals surface area contributed by atoms with E-state index in [2.05, 4.69) is 110 Å². The zero-order valence-electron chi connectivity index (χ0n) is 16.0. The molecule has 0 aliphatic heterocycles. The zero-order valence-corrected chi connectivity index (χ0v) is 16.0. The molecule has 0 heteroatoms. The fourth-order valence-corrected chi connectivity index (χ4v) is 4.26. The monoisotopic (exact) mass is 358 g/mol. The minimum absolute atomic E-state index is 1.06. The smallest absolute Gasteiger partial charge is 0.00264 e. The van der Waals surface area contributed by atoms with Crippen LogP contribution >= 0.6 is 0 Å². The van der Waals surface area contributed by atoms with Gasteiger partial charge in [-0.05, 0) is 55.8 Å². The van der Waals surface area contributed by atoms with E-state index in [0.717, 1.165) is 6.42 Å². The van der Waals surface area contributed by atoms with Gasteiger partial charge < -0.3 is 0 Å². The lowest BCUT2D eigenvalue weighted by Gasteiger charge is -2.17. The number of hydrogen-bond acceptors (Lipinski definition) is 0. The van der Waals surface area contributed by atoms with E-state index in [-0.39, 0.29) is 0 Å². The molecule has 0 amide bonds. The molecule has 134 valence electrons. The SMILES string of the molecule is CCc1ccc(-c2c3ccccc3c(-c3ccccc3)c3ccccc23)cc1. The maximum absolute atomic E-state index is 2.27. The Kier molecular flexibility index (Phi) is 4.18. The van der Waals surface area contributed by atoms with Crippen LogP contribution < -0.4 is 0 Å². The number of fused-ring (bicyclic) bond motifs is 2. The van der Waals surface area contributed by atoms with Gasteiger partial charge in [-0.2, -0.15) is 0 Å². The van der Waals surface area contributed by atoms with Crippen molar-refractivity contribution < 1.29 is 0 Å². The van der Waals surface area contributed by atoms with Crippen molar-refractivity contribution in [3.8, 4) is 22.3 Å². The molecule has 0 saturated heterocycles. The van der Waals surface area contributed by atoms with Crippen LogP contribution in [-0.4, -0.2) is 0 Å². The summed E-state index contributed by atoms with van der Waals surface area (Å²) in [6.07, 6.45) is 1.06. The van der Waals surface area contributed by atoms with Gasteiger partial charge in [-0.1, -0.05) is 110 Å². The molecule has 0 saturated carbocycles. The molecule has 0 bridgehead atoms. The van der Waals surface area contributed by atoms with Gasteiger partial charge >= 0.3 is 0 Å². The molecule has 5 aromatic rings. The van der Waals surface area contributed by atoms with Crippen molar-refractivity contribution in [2.24, 2.45) is 0 Å². The first kappa shape index (κ1) is 16.8. The van der Waals surface area contributed by atoms with Crippen molar-refractivity contribution >= 4 is 21.5 Å². The first-order valence-corrected chi connectivity index (χ1v) is 9.95. The Morgan fingerprint density at radius 1 is 0.429 bits per heavy atom. The summed E-state index contributed by atoms with van der Waals surface area (Å²) < 4.78 is 0. The molecule has 0 fully saturated rings. The van der Waals surface area contributed by atoms with E-state index in [4.69, 9.17) is 0 Å².